The first kappa shape index (κ1) is 14.3. The van der Waals surface area contributed by atoms with Crippen molar-refractivity contribution in [1.29, 1.82) is 0 Å². The first-order chi connectivity index (χ1) is 8.99. The molecule has 0 fully saturated rings. The Morgan fingerprint density at radius 1 is 1.42 bits per heavy atom. The van der Waals surface area contributed by atoms with Gasteiger partial charge in [0.15, 0.2) is 0 Å². The van der Waals surface area contributed by atoms with E-state index in [9.17, 15) is 8.42 Å². The fourth-order valence-electron chi connectivity index (χ4n) is 2.55. The molecule has 1 unspecified atom stereocenters. The summed E-state index contributed by atoms with van der Waals surface area (Å²) in [5.74, 6) is 1.07. The number of nitrogens with one attached hydrogen (secondary N) is 1. The number of sulfone groups is 1. The van der Waals surface area contributed by atoms with Crippen LogP contribution in [0.2, 0.25) is 0 Å². The summed E-state index contributed by atoms with van der Waals surface area (Å²) in [6, 6.07) is 6.40. The van der Waals surface area contributed by atoms with Gasteiger partial charge in [0.2, 0.25) is 0 Å². The highest BCUT2D eigenvalue weighted by Gasteiger charge is 2.20. The fraction of sp³-hybridized carbons (Fsp3) is 0.571. The Bertz CT molecular complexity index is 540. The van der Waals surface area contributed by atoms with Crippen LogP contribution in [0.15, 0.2) is 18.2 Å². The molecule has 0 saturated carbocycles. The third-order valence-corrected chi connectivity index (χ3v) is 4.47. The van der Waals surface area contributed by atoms with Gasteiger partial charge in [-0.05, 0) is 42.5 Å². The van der Waals surface area contributed by atoms with Crippen LogP contribution in [-0.4, -0.2) is 34.1 Å². The van der Waals surface area contributed by atoms with E-state index in [4.69, 9.17) is 4.74 Å². The molecule has 1 aromatic carbocycles. The molecule has 1 N–H and O–H groups in total. The van der Waals surface area contributed by atoms with Crippen LogP contribution in [0.3, 0.4) is 0 Å². The molecule has 19 heavy (non-hydrogen) atoms. The molecule has 0 aromatic heterocycles. The van der Waals surface area contributed by atoms with Gasteiger partial charge >= 0.3 is 0 Å². The van der Waals surface area contributed by atoms with Crippen molar-refractivity contribution in [3.63, 3.8) is 0 Å². The summed E-state index contributed by atoms with van der Waals surface area (Å²) in [5.41, 5.74) is 2.59. The quantitative estimate of drug-likeness (QED) is 0.894. The lowest BCUT2D eigenvalue weighted by molar-refractivity contribution is 0.411. The van der Waals surface area contributed by atoms with Crippen LogP contribution in [0.1, 0.15) is 30.0 Å². The predicted octanol–water partition coefficient (Wildman–Crippen LogP) is 1.71. The lowest BCUT2D eigenvalue weighted by atomic mass is 9.87. The Balaban J connectivity index is 2.05. The SMILES string of the molecule is COc1ccc2c(c1)CCCC2NCCS(C)(=O)=O. The standard InChI is InChI=1S/C14H21NO3S/c1-18-12-6-7-13-11(10-12)4-3-5-14(13)15-8-9-19(2,16)17/h6-7,10,14-15H,3-5,8-9H2,1-2H3. The maximum atomic E-state index is 11.1. The number of fused-ring (bicyclic) bond motifs is 1. The second kappa shape index (κ2) is 5.92. The topological polar surface area (TPSA) is 55.4 Å². The van der Waals surface area contributed by atoms with E-state index in [0.29, 0.717) is 6.54 Å². The molecule has 1 atom stereocenters. The third-order valence-electron chi connectivity index (χ3n) is 3.53. The molecule has 0 amide bonds. The number of methoxy groups -OCH3 is 1. The van der Waals surface area contributed by atoms with E-state index in [1.807, 2.05) is 6.07 Å². The predicted molar refractivity (Wildman–Crippen MR) is 76.4 cm³/mol. The van der Waals surface area contributed by atoms with E-state index < -0.39 is 9.84 Å². The van der Waals surface area contributed by atoms with E-state index in [1.165, 1.54) is 17.4 Å². The summed E-state index contributed by atoms with van der Waals surface area (Å²) in [6.45, 7) is 0.509. The van der Waals surface area contributed by atoms with Gasteiger partial charge < -0.3 is 10.1 Å². The van der Waals surface area contributed by atoms with E-state index in [0.717, 1.165) is 25.0 Å². The molecule has 0 radical (unpaired) electrons. The molecular formula is C14H21NO3S. The molecule has 106 valence electrons. The van der Waals surface area contributed by atoms with E-state index in [-0.39, 0.29) is 11.8 Å². The van der Waals surface area contributed by atoms with Crippen molar-refractivity contribution in [2.75, 3.05) is 25.7 Å². The zero-order valence-corrected chi connectivity index (χ0v) is 12.3. The monoisotopic (exact) mass is 283 g/mol. The van der Waals surface area contributed by atoms with Crippen LogP contribution in [-0.2, 0) is 16.3 Å². The van der Waals surface area contributed by atoms with Gasteiger partial charge in [0.25, 0.3) is 0 Å². The van der Waals surface area contributed by atoms with Gasteiger partial charge in [0.05, 0.1) is 12.9 Å². The zero-order chi connectivity index (χ0) is 13.9. The van der Waals surface area contributed by atoms with Crippen LogP contribution >= 0.6 is 0 Å². The Morgan fingerprint density at radius 2 is 2.21 bits per heavy atom. The molecule has 1 aliphatic rings. The van der Waals surface area contributed by atoms with Gasteiger partial charge in [-0.2, -0.15) is 0 Å². The van der Waals surface area contributed by atoms with Crippen LogP contribution < -0.4 is 10.1 Å². The van der Waals surface area contributed by atoms with Crippen molar-refractivity contribution in [3.05, 3.63) is 29.3 Å². The maximum absolute atomic E-state index is 11.1. The summed E-state index contributed by atoms with van der Waals surface area (Å²) < 4.78 is 27.5. The highest BCUT2D eigenvalue weighted by Crippen LogP contribution is 2.31. The molecule has 0 heterocycles. The van der Waals surface area contributed by atoms with Crippen LogP contribution in [0.25, 0.3) is 0 Å². The first-order valence-corrected chi connectivity index (χ1v) is 8.63. The second-order valence-corrected chi connectivity index (χ2v) is 7.35. The normalized spacial score (nSPS) is 18.9. The summed E-state index contributed by atoms with van der Waals surface area (Å²) in [5, 5.41) is 3.35. The smallest absolute Gasteiger partial charge is 0.148 e. The van der Waals surface area contributed by atoms with Crippen molar-refractivity contribution in [2.24, 2.45) is 0 Å². The number of benzene rings is 1. The zero-order valence-electron chi connectivity index (χ0n) is 11.5. The van der Waals surface area contributed by atoms with Gasteiger partial charge in [-0.3, -0.25) is 0 Å². The Kier molecular flexibility index (Phi) is 4.47. The van der Waals surface area contributed by atoms with Crippen LogP contribution in [0.5, 0.6) is 5.75 Å². The van der Waals surface area contributed by atoms with Crippen molar-refractivity contribution in [2.45, 2.75) is 25.3 Å². The molecular weight excluding hydrogens is 262 g/mol. The highest BCUT2D eigenvalue weighted by molar-refractivity contribution is 7.90. The lowest BCUT2D eigenvalue weighted by Crippen LogP contribution is -2.29. The highest BCUT2D eigenvalue weighted by atomic mass is 32.2. The summed E-state index contributed by atoms with van der Waals surface area (Å²) in [6.07, 6.45) is 4.52. The molecule has 1 aromatic rings. The van der Waals surface area contributed by atoms with Crippen molar-refractivity contribution in [1.82, 2.24) is 5.32 Å². The molecule has 5 heteroatoms. The molecule has 0 aliphatic heterocycles. The van der Waals surface area contributed by atoms with E-state index >= 15 is 0 Å². The van der Waals surface area contributed by atoms with Gasteiger partial charge in [0.1, 0.15) is 15.6 Å². The average molecular weight is 283 g/mol. The van der Waals surface area contributed by atoms with Gasteiger partial charge in [0, 0.05) is 18.8 Å². The summed E-state index contributed by atoms with van der Waals surface area (Å²) in [7, 11) is -1.22. The molecule has 2 rings (SSSR count). The minimum absolute atomic E-state index is 0.189. The number of ether oxygens (including phenoxy) is 1. The molecule has 0 bridgehead atoms. The average Bonchev–Trinajstić information content (AvgIpc) is 2.37. The summed E-state index contributed by atoms with van der Waals surface area (Å²) >= 11 is 0. The number of hydrogen-bond donors (Lipinski definition) is 1. The van der Waals surface area contributed by atoms with Crippen molar-refractivity contribution < 1.29 is 13.2 Å². The Labute approximate surface area is 115 Å². The number of hydrogen-bond acceptors (Lipinski definition) is 4. The van der Waals surface area contributed by atoms with Gasteiger partial charge in [-0.25, -0.2) is 8.42 Å². The molecule has 0 saturated heterocycles. The minimum atomic E-state index is -2.90. The number of rotatable bonds is 5. The first-order valence-electron chi connectivity index (χ1n) is 6.57. The van der Waals surface area contributed by atoms with E-state index in [1.54, 1.807) is 7.11 Å². The Morgan fingerprint density at radius 3 is 2.89 bits per heavy atom. The largest absolute Gasteiger partial charge is 0.497 e. The van der Waals surface area contributed by atoms with Crippen LogP contribution in [0, 0.1) is 0 Å². The second-order valence-electron chi connectivity index (χ2n) is 5.09. The molecule has 1 aliphatic carbocycles. The lowest BCUT2D eigenvalue weighted by Gasteiger charge is -2.26. The molecule has 4 nitrogen and oxygen atoms in total. The summed E-state index contributed by atoms with van der Waals surface area (Å²) in [4.78, 5) is 0. The van der Waals surface area contributed by atoms with Gasteiger partial charge in [-0.15, -0.1) is 0 Å². The Hall–Kier alpha value is -1.07. The minimum Gasteiger partial charge on any atom is -0.497 e. The maximum Gasteiger partial charge on any atom is 0.148 e. The number of aryl methyl sites for hydroxylation is 1. The van der Waals surface area contributed by atoms with Crippen LogP contribution in [0.4, 0.5) is 0 Å². The van der Waals surface area contributed by atoms with Crippen molar-refractivity contribution >= 4 is 9.84 Å². The van der Waals surface area contributed by atoms with E-state index in [2.05, 4.69) is 17.4 Å². The van der Waals surface area contributed by atoms with Crippen molar-refractivity contribution in [3.8, 4) is 5.75 Å². The fourth-order valence-corrected chi connectivity index (χ4v) is 3.04. The third kappa shape index (κ3) is 3.94. The molecule has 0 spiro atoms. The van der Waals surface area contributed by atoms with Gasteiger partial charge in [-0.1, -0.05) is 6.07 Å².